The van der Waals surface area contributed by atoms with E-state index in [-0.39, 0.29) is 28.0 Å². The number of aromatic nitrogens is 1. The third-order valence-corrected chi connectivity index (χ3v) is 4.88. The molecule has 2 heterocycles. The minimum absolute atomic E-state index is 0. The number of carbonyl (C=O) groups is 1. The molecule has 0 unspecified atom stereocenters. The van der Waals surface area contributed by atoms with Gasteiger partial charge in [-0.15, -0.1) is 12.4 Å². The number of carbonyl (C=O) groups excluding carboxylic acids is 1. The Morgan fingerprint density at radius 1 is 1.00 bits per heavy atom. The van der Waals surface area contributed by atoms with Crippen LogP contribution in [0.2, 0.25) is 10.0 Å². The van der Waals surface area contributed by atoms with Gasteiger partial charge in [0.2, 0.25) is 0 Å². The zero-order valence-electron chi connectivity index (χ0n) is 14.7. The summed E-state index contributed by atoms with van der Waals surface area (Å²) in [6, 6.07) is 16.2. The van der Waals surface area contributed by atoms with Crippen molar-refractivity contribution < 1.29 is 9.21 Å². The molecule has 0 spiro atoms. The standard InChI is InChI=1S/C21H14Cl2N2O2.ClH/c1-12-18(16-9-2-3-11-24-16)13-6-4-10-17(20(13)27-12)25-21(26)19-14(22)7-5-8-15(19)23;/h2-11H,1H3,(H,25,26);1H. The van der Waals surface area contributed by atoms with Gasteiger partial charge in [0, 0.05) is 17.1 Å². The number of rotatable bonds is 3. The number of fused-ring (bicyclic) bond motifs is 1. The van der Waals surface area contributed by atoms with Crippen molar-refractivity contribution in [1.82, 2.24) is 4.98 Å². The number of halogens is 3. The predicted molar refractivity (Wildman–Crippen MR) is 116 cm³/mol. The number of nitrogens with zero attached hydrogens (tertiary/aromatic N) is 1. The molecule has 0 atom stereocenters. The molecule has 28 heavy (non-hydrogen) atoms. The molecule has 4 nitrogen and oxygen atoms in total. The molecule has 7 heteroatoms. The second kappa shape index (κ2) is 8.23. The van der Waals surface area contributed by atoms with Gasteiger partial charge >= 0.3 is 0 Å². The van der Waals surface area contributed by atoms with E-state index in [2.05, 4.69) is 10.3 Å². The topological polar surface area (TPSA) is 55.1 Å². The Bertz CT molecular complexity index is 1140. The predicted octanol–water partition coefficient (Wildman–Crippen LogP) is 6.78. The average molecular weight is 434 g/mol. The van der Waals surface area contributed by atoms with Crippen LogP contribution in [0.3, 0.4) is 0 Å². The molecule has 0 aliphatic heterocycles. The Hall–Kier alpha value is -2.53. The van der Waals surface area contributed by atoms with E-state index in [4.69, 9.17) is 27.6 Å². The molecule has 142 valence electrons. The van der Waals surface area contributed by atoms with Crippen LogP contribution in [0.4, 0.5) is 5.69 Å². The van der Waals surface area contributed by atoms with Crippen molar-refractivity contribution in [2.24, 2.45) is 0 Å². The fraction of sp³-hybridized carbons (Fsp3) is 0.0476. The first-order valence-electron chi connectivity index (χ1n) is 8.25. The summed E-state index contributed by atoms with van der Waals surface area (Å²) in [6.07, 6.45) is 1.73. The van der Waals surface area contributed by atoms with Gasteiger partial charge in [-0.05, 0) is 37.3 Å². The Morgan fingerprint density at radius 2 is 1.71 bits per heavy atom. The largest absolute Gasteiger partial charge is 0.458 e. The minimum Gasteiger partial charge on any atom is -0.458 e. The first kappa shape index (κ1) is 20.2. The van der Waals surface area contributed by atoms with Crippen LogP contribution in [0.1, 0.15) is 16.1 Å². The van der Waals surface area contributed by atoms with Crippen molar-refractivity contribution in [2.45, 2.75) is 6.92 Å². The van der Waals surface area contributed by atoms with E-state index in [0.717, 1.165) is 22.4 Å². The number of hydrogen-bond donors (Lipinski definition) is 1. The summed E-state index contributed by atoms with van der Waals surface area (Å²) in [5, 5.41) is 4.30. The summed E-state index contributed by atoms with van der Waals surface area (Å²) in [5.41, 5.74) is 3.06. The molecule has 2 aromatic heterocycles. The first-order chi connectivity index (χ1) is 13.1. The zero-order valence-corrected chi connectivity index (χ0v) is 17.0. The molecular formula is C21H15Cl3N2O2. The molecule has 0 aliphatic rings. The summed E-state index contributed by atoms with van der Waals surface area (Å²) in [7, 11) is 0. The van der Waals surface area contributed by atoms with Gasteiger partial charge in [0.25, 0.3) is 5.91 Å². The molecule has 0 aliphatic carbocycles. The van der Waals surface area contributed by atoms with Crippen LogP contribution < -0.4 is 5.32 Å². The minimum atomic E-state index is -0.397. The van der Waals surface area contributed by atoms with E-state index in [0.29, 0.717) is 11.3 Å². The highest BCUT2D eigenvalue weighted by Gasteiger charge is 2.19. The molecule has 0 radical (unpaired) electrons. The van der Waals surface area contributed by atoms with Crippen LogP contribution in [0.5, 0.6) is 0 Å². The Labute approximate surface area is 177 Å². The summed E-state index contributed by atoms with van der Waals surface area (Å²) < 4.78 is 5.96. The van der Waals surface area contributed by atoms with Crippen molar-refractivity contribution >= 4 is 58.2 Å². The number of aryl methyl sites for hydroxylation is 1. The van der Waals surface area contributed by atoms with Crippen LogP contribution >= 0.6 is 35.6 Å². The summed E-state index contributed by atoms with van der Waals surface area (Å²) in [5.74, 6) is 0.327. The molecule has 4 rings (SSSR count). The monoisotopic (exact) mass is 432 g/mol. The number of pyridine rings is 1. The molecule has 1 amide bonds. The number of furan rings is 1. The van der Waals surface area contributed by atoms with Crippen molar-refractivity contribution in [1.29, 1.82) is 0 Å². The van der Waals surface area contributed by atoms with Gasteiger partial charge < -0.3 is 9.73 Å². The van der Waals surface area contributed by atoms with Crippen LogP contribution in [-0.4, -0.2) is 10.9 Å². The van der Waals surface area contributed by atoms with Crippen LogP contribution in [-0.2, 0) is 0 Å². The number of nitrogens with one attached hydrogen (secondary N) is 1. The molecule has 2 aromatic carbocycles. The highest BCUT2D eigenvalue weighted by Crippen LogP contribution is 2.37. The smallest absolute Gasteiger partial charge is 0.258 e. The lowest BCUT2D eigenvalue weighted by molar-refractivity contribution is 0.102. The summed E-state index contributed by atoms with van der Waals surface area (Å²) in [6.45, 7) is 1.88. The molecule has 0 saturated carbocycles. The van der Waals surface area contributed by atoms with Gasteiger partial charge in [-0.3, -0.25) is 9.78 Å². The van der Waals surface area contributed by atoms with E-state index in [1.165, 1.54) is 0 Å². The van der Waals surface area contributed by atoms with Crippen LogP contribution in [0, 0.1) is 6.92 Å². The van der Waals surface area contributed by atoms with Crippen molar-refractivity contribution in [2.75, 3.05) is 5.32 Å². The van der Waals surface area contributed by atoms with Gasteiger partial charge in [-0.2, -0.15) is 0 Å². The summed E-state index contributed by atoms with van der Waals surface area (Å²) in [4.78, 5) is 17.1. The second-order valence-corrected chi connectivity index (χ2v) is 6.80. The Kier molecular flexibility index (Phi) is 5.94. The lowest BCUT2D eigenvalue weighted by Gasteiger charge is -2.09. The van der Waals surface area contributed by atoms with Crippen LogP contribution in [0.15, 0.2) is 65.2 Å². The molecule has 0 bridgehead atoms. The van der Waals surface area contributed by atoms with Gasteiger partial charge in [0.05, 0.1) is 27.0 Å². The molecule has 0 saturated heterocycles. The third kappa shape index (κ3) is 3.59. The number of amides is 1. The molecule has 1 N–H and O–H groups in total. The first-order valence-corrected chi connectivity index (χ1v) is 9.00. The van der Waals surface area contributed by atoms with E-state index in [1.807, 2.05) is 37.3 Å². The highest BCUT2D eigenvalue weighted by atomic mass is 35.5. The van der Waals surface area contributed by atoms with E-state index in [1.54, 1.807) is 30.5 Å². The third-order valence-electron chi connectivity index (χ3n) is 4.25. The number of benzene rings is 2. The Balaban J connectivity index is 0.00000225. The number of anilines is 1. The molecule has 0 fully saturated rings. The average Bonchev–Trinajstić information content (AvgIpc) is 2.99. The van der Waals surface area contributed by atoms with Crippen LogP contribution in [0.25, 0.3) is 22.2 Å². The van der Waals surface area contributed by atoms with Gasteiger partial charge in [-0.25, -0.2) is 0 Å². The second-order valence-electron chi connectivity index (χ2n) is 5.98. The van der Waals surface area contributed by atoms with Crippen molar-refractivity contribution in [3.8, 4) is 11.3 Å². The number of hydrogen-bond acceptors (Lipinski definition) is 3. The van der Waals surface area contributed by atoms with Gasteiger partial charge in [0.1, 0.15) is 5.76 Å². The van der Waals surface area contributed by atoms with E-state index >= 15 is 0 Å². The maximum atomic E-state index is 12.7. The van der Waals surface area contributed by atoms with Gasteiger partial charge in [-0.1, -0.05) is 47.5 Å². The quantitative estimate of drug-likeness (QED) is 0.387. The lowest BCUT2D eigenvalue weighted by Crippen LogP contribution is -2.13. The fourth-order valence-electron chi connectivity index (χ4n) is 3.06. The van der Waals surface area contributed by atoms with E-state index in [9.17, 15) is 4.79 Å². The SMILES string of the molecule is Cc1oc2c(NC(=O)c3c(Cl)cccc3Cl)cccc2c1-c1ccccn1.Cl. The van der Waals surface area contributed by atoms with Gasteiger partial charge in [0.15, 0.2) is 5.58 Å². The van der Waals surface area contributed by atoms with Crippen molar-refractivity contribution in [3.05, 3.63) is 82.2 Å². The normalized spacial score (nSPS) is 10.5. The van der Waals surface area contributed by atoms with E-state index < -0.39 is 5.91 Å². The number of para-hydroxylation sites is 1. The molecular weight excluding hydrogens is 419 g/mol. The zero-order chi connectivity index (χ0) is 19.0. The lowest BCUT2D eigenvalue weighted by atomic mass is 10.1. The summed E-state index contributed by atoms with van der Waals surface area (Å²) >= 11 is 12.3. The maximum Gasteiger partial charge on any atom is 0.258 e. The van der Waals surface area contributed by atoms with Crippen molar-refractivity contribution in [3.63, 3.8) is 0 Å². The molecule has 4 aromatic rings. The fourth-order valence-corrected chi connectivity index (χ4v) is 3.63. The Morgan fingerprint density at radius 3 is 2.39 bits per heavy atom. The highest BCUT2D eigenvalue weighted by molar-refractivity contribution is 6.40. The maximum absolute atomic E-state index is 12.7.